The van der Waals surface area contributed by atoms with Crippen LogP contribution in [0.3, 0.4) is 0 Å². The van der Waals surface area contributed by atoms with Gasteiger partial charge in [-0.2, -0.15) is 0 Å². The summed E-state index contributed by atoms with van der Waals surface area (Å²) >= 11 is 0. The fourth-order valence-electron chi connectivity index (χ4n) is 1.25. The van der Waals surface area contributed by atoms with E-state index in [1.54, 1.807) is 0 Å². The second-order valence-electron chi connectivity index (χ2n) is 2.61. The summed E-state index contributed by atoms with van der Waals surface area (Å²) in [5.74, 6) is 1.89. The van der Waals surface area contributed by atoms with Gasteiger partial charge in [-0.05, 0) is 25.7 Å². The van der Waals surface area contributed by atoms with E-state index in [0.717, 1.165) is 0 Å². The highest BCUT2D eigenvalue weighted by molar-refractivity contribution is 6.01. The third kappa shape index (κ3) is 2.09. The maximum Gasteiger partial charge on any atom is 0.236 e. The minimum Gasteiger partial charge on any atom is -0.366 e. The van der Waals surface area contributed by atoms with Crippen molar-refractivity contribution in [1.29, 1.82) is 0 Å². The summed E-state index contributed by atoms with van der Waals surface area (Å²) in [5.41, 5.74) is -0.733. The molecule has 0 aromatic heterocycles. The third-order valence-electron chi connectivity index (χ3n) is 2.11. The van der Waals surface area contributed by atoms with Crippen LogP contribution in [-0.2, 0) is 9.53 Å². The lowest BCUT2D eigenvalue weighted by Crippen LogP contribution is -2.39. The monoisotopic (exact) mass is 168 g/mol. The topological polar surface area (TPSA) is 26.3 Å². The molecule has 0 aliphatic heterocycles. The highest BCUT2D eigenvalue weighted by Gasteiger charge is 2.33. The van der Waals surface area contributed by atoms with Crippen molar-refractivity contribution in [2.75, 3.05) is 6.61 Å². The van der Waals surface area contributed by atoms with Crippen LogP contribution in [0.2, 0.25) is 0 Å². The summed E-state index contributed by atoms with van der Waals surface area (Å²) in [4.78, 5) is 11.3. The summed E-state index contributed by atoms with van der Waals surface area (Å²) < 4.78 is 5.39. The zero-order valence-corrected chi connectivity index (χ0v) is 8.02. The van der Waals surface area contributed by atoms with E-state index in [1.165, 1.54) is 0 Å². The molecule has 0 fully saturated rings. The molecule has 0 heterocycles. The summed E-state index contributed by atoms with van der Waals surface area (Å²) in [7, 11) is 0. The van der Waals surface area contributed by atoms with Crippen LogP contribution in [0.4, 0.5) is 0 Å². The average molecular weight is 168 g/mol. The number of terminal acetylenes is 1. The van der Waals surface area contributed by atoms with Gasteiger partial charge in [-0.15, -0.1) is 6.42 Å². The maximum atomic E-state index is 11.3. The molecule has 0 aliphatic carbocycles. The Morgan fingerprint density at radius 1 is 1.42 bits per heavy atom. The highest BCUT2D eigenvalue weighted by atomic mass is 16.5. The van der Waals surface area contributed by atoms with E-state index < -0.39 is 5.60 Å². The Labute approximate surface area is 74.3 Å². The molecule has 12 heavy (non-hydrogen) atoms. The van der Waals surface area contributed by atoms with Gasteiger partial charge in [-0.3, -0.25) is 4.79 Å². The van der Waals surface area contributed by atoms with Gasteiger partial charge in [0.2, 0.25) is 5.78 Å². The molecule has 2 heteroatoms. The maximum absolute atomic E-state index is 11.3. The van der Waals surface area contributed by atoms with E-state index in [4.69, 9.17) is 11.2 Å². The summed E-state index contributed by atoms with van der Waals surface area (Å²) in [5, 5.41) is 0. The van der Waals surface area contributed by atoms with Gasteiger partial charge in [0.15, 0.2) is 0 Å². The first-order valence-electron chi connectivity index (χ1n) is 4.31. The Morgan fingerprint density at radius 2 is 1.92 bits per heavy atom. The molecule has 0 saturated carbocycles. The molecule has 0 aliphatic rings. The largest absolute Gasteiger partial charge is 0.366 e. The smallest absolute Gasteiger partial charge is 0.236 e. The Morgan fingerprint density at radius 3 is 2.17 bits per heavy atom. The van der Waals surface area contributed by atoms with Crippen molar-refractivity contribution < 1.29 is 9.53 Å². The van der Waals surface area contributed by atoms with E-state index in [1.807, 2.05) is 20.8 Å². The van der Waals surface area contributed by atoms with Crippen molar-refractivity contribution in [2.24, 2.45) is 0 Å². The summed E-state index contributed by atoms with van der Waals surface area (Å²) in [6, 6.07) is 0. The molecule has 0 N–H and O–H groups in total. The van der Waals surface area contributed by atoms with Crippen LogP contribution < -0.4 is 0 Å². The number of hydrogen-bond acceptors (Lipinski definition) is 2. The first-order valence-corrected chi connectivity index (χ1v) is 4.31. The van der Waals surface area contributed by atoms with Crippen molar-refractivity contribution >= 4 is 5.78 Å². The van der Waals surface area contributed by atoms with Gasteiger partial charge in [-0.1, -0.05) is 13.8 Å². The minimum absolute atomic E-state index is 0.241. The lowest BCUT2D eigenvalue weighted by atomic mass is 9.92. The van der Waals surface area contributed by atoms with Gasteiger partial charge in [0.05, 0.1) is 0 Å². The molecule has 0 spiro atoms. The number of hydrogen-bond donors (Lipinski definition) is 0. The predicted octanol–water partition coefficient (Wildman–Crippen LogP) is 1.78. The van der Waals surface area contributed by atoms with Gasteiger partial charge < -0.3 is 4.74 Å². The molecule has 0 bridgehead atoms. The fraction of sp³-hybridized carbons (Fsp3) is 0.700. The van der Waals surface area contributed by atoms with Gasteiger partial charge >= 0.3 is 0 Å². The number of carbonyl (C=O) groups is 1. The summed E-state index contributed by atoms with van der Waals surface area (Å²) in [6.45, 7) is 6.21. The molecule has 0 atom stereocenters. The molecule has 0 unspecified atom stereocenters. The number of rotatable bonds is 5. The second-order valence-corrected chi connectivity index (χ2v) is 2.61. The number of Topliss-reactive ketones (excluding diaryl/α,β-unsaturated/α-hetero) is 1. The molecule has 2 nitrogen and oxygen atoms in total. The van der Waals surface area contributed by atoms with Gasteiger partial charge in [0.1, 0.15) is 5.60 Å². The van der Waals surface area contributed by atoms with Crippen molar-refractivity contribution in [3.8, 4) is 12.3 Å². The second kappa shape index (κ2) is 4.95. The van der Waals surface area contributed by atoms with E-state index >= 15 is 0 Å². The van der Waals surface area contributed by atoms with Crippen LogP contribution in [0.15, 0.2) is 0 Å². The van der Waals surface area contributed by atoms with Crippen molar-refractivity contribution in [2.45, 2.75) is 39.2 Å². The molecular weight excluding hydrogens is 152 g/mol. The van der Waals surface area contributed by atoms with Gasteiger partial charge in [-0.25, -0.2) is 0 Å². The van der Waals surface area contributed by atoms with Crippen LogP contribution in [-0.4, -0.2) is 18.0 Å². The normalized spacial score (nSPS) is 10.8. The third-order valence-corrected chi connectivity index (χ3v) is 2.11. The molecule has 68 valence electrons. The molecule has 0 amide bonds. The van der Waals surface area contributed by atoms with Crippen LogP contribution in [0.25, 0.3) is 0 Å². The number of carbonyl (C=O) groups excluding carboxylic acids is 1. The number of ketones is 1. The van der Waals surface area contributed by atoms with Crippen LogP contribution in [0.5, 0.6) is 0 Å². The standard InChI is InChI=1S/C10H16O2/c1-5-9(11)10(6-2,7-3)12-8-4/h1H,6-8H2,2-4H3. The van der Waals surface area contributed by atoms with E-state index in [-0.39, 0.29) is 5.78 Å². The van der Waals surface area contributed by atoms with Crippen molar-refractivity contribution in [3.05, 3.63) is 0 Å². The molecule has 0 aromatic carbocycles. The summed E-state index contributed by atoms with van der Waals surface area (Å²) in [6.07, 6.45) is 6.34. The van der Waals surface area contributed by atoms with Crippen molar-refractivity contribution in [1.82, 2.24) is 0 Å². The lowest BCUT2D eigenvalue weighted by molar-refractivity contribution is -0.139. The van der Waals surface area contributed by atoms with E-state index in [9.17, 15) is 4.79 Å². The zero-order valence-electron chi connectivity index (χ0n) is 8.02. The predicted molar refractivity (Wildman–Crippen MR) is 48.8 cm³/mol. The van der Waals surface area contributed by atoms with Crippen molar-refractivity contribution in [3.63, 3.8) is 0 Å². The molecule has 0 radical (unpaired) electrons. The fourth-order valence-corrected chi connectivity index (χ4v) is 1.25. The Kier molecular flexibility index (Phi) is 4.61. The molecule has 0 rings (SSSR count). The Hall–Kier alpha value is -0.810. The SMILES string of the molecule is C#CC(=O)C(CC)(CC)OCC. The molecule has 0 aromatic rings. The Bertz CT molecular complexity index is 185. The van der Waals surface area contributed by atoms with Crippen LogP contribution >= 0.6 is 0 Å². The zero-order chi connectivity index (χ0) is 9.61. The number of ether oxygens (including phenoxy) is 1. The first-order chi connectivity index (χ1) is 5.66. The van der Waals surface area contributed by atoms with Crippen LogP contribution in [0, 0.1) is 12.3 Å². The first kappa shape index (κ1) is 11.2. The molecular formula is C10H16O2. The van der Waals surface area contributed by atoms with E-state index in [0.29, 0.717) is 19.4 Å². The van der Waals surface area contributed by atoms with Gasteiger partial charge in [0, 0.05) is 6.61 Å². The quantitative estimate of drug-likeness (QED) is 0.462. The van der Waals surface area contributed by atoms with E-state index in [2.05, 4.69) is 5.92 Å². The molecule has 0 saturated heterocycles. The lowest BCUT2D eigenvalue weighted by Gasteiger charge is -2.27. The minimum atomic E-state index is -0.733. The average Bonchev–Trinajstić information content (AvgIpc) is 2.13. The highest BCUT2D eigenvalue weighted by Crippen LogP contribution is 2.21. The van der Waals surface area contributed by atoms with Gasteiger partial charge in [0.25, 0.3) is 0 Å². The Balaban J connectivity index is 4.59. The van der Waals surface area contributed by atoms with Crippen LogP contribution in [0.1, 0.15) is 33.6 Å².